The van der Waals surface area contributed by atoms with Crippen molar-refractivity contribution in [3.8, 4) is 0 Å². The zero-order valence-corrected chi connectivity index (χ0v) is 79.6. The molecule has 13 aliphatic heterocycles. The first-order valence-electron chi connectivity index (χ1n) is 45.3. The smallest absolute Gasteiger partial charge is 0.507 e. The van der Waals surface area contributed by atoms with E-state index in [4.69, 9.17) is 107 Å². The Balaban J connectivity index is 0.000000180. The highest BCUT2D eigenvalue weighted by Gasteiger charge is 2.65. The fourth-order valence-electron chi connectivity index (χ4n) is 20.4. The second-order valence-corrected chi connectivity index (χ2v) is 46.5. The van der Waals surface area contributed by atoms with Crippen LogP contribution in [0.25, 0.3) is 0 Å². The van der Waals surface area contributed by atoms with E-state index in [1.165, 1.54) is 12.9 Å². The SMILES string of the molecule is NC1CN(S(=O)(=O)N2C[C@H](CCCB3OC(=O)C(CC(=O)O)(CC(=O)O)O3)[C@](N)(C(=O)O)C2)C1.N[C@@]1(C(=O)O)CN(S(=O)(=O)N2CC3(CCC3)C2)C[C@@H]1CCCB1OC(=O)C(CC(=O)O)(CC(=O)O)O1.N[C@@]1(C(=O)O)CN(S(=O)(=O)N2CC3(CCN3)C2)C[C@@H]1CCCB1OC(=O)C(CC(=O)O)(CC(=O)O)O1.N[C@@]1(C(=O)O)CN(S(=O)(=O)N2CCCCC2)C[C@@H]1CCCB1OC(=O)C(CC(=O)O)(CC(=O)O)O1. The minimum atomic E-state index is -3.92. The monoisotopic (exact) mass is 2090 g/mol. The van der Waals surface area contributed by atoms with Gasteiger partial charge in [-0.15, -0.1) is 0 Å². The van der Waals surface area contributed by atoms with Gasteiger partial charge in [-0.3, -0.25) is 76.7 Å². The van der Waals surface area contributed by atoms with Crippen LogP contribution < -0.4 is 34.0 Å². The predicted octanol–water partition coefficient (Wildman–Crippen LogP) is -7.44. The molecule has 786 valence electrons. The first-order chi connectivity index (χ1) is 65.4. The largest absolute Gasteiger partial charge is 0.528 e. The second-order valence-electron chi connectivity index (χ2n) is 38.8. The molecular weight excluding hydrogens is 1970 g/mol. The summed E-state index contributed by atoms with van der Waals surface area (Å²) in [4.78, 5) is 186. The highest BCUT2D eigenvalue weighted by Crippen LogP contribution is 2.51. The summed E-state index contributed by atoms with van der Waals surface area (Å²) in [5.41, 5.74) is 14.2. The molecule has 14 aliphatic rings. The lowest BCUT2D eigenvalue weighted by molar-refractivity contribution is -0.158. The fraction of sp³-hybridized carbons (Fsp3) is 0.787. The van der Waals surface area contributed by atoms with E-state index in [1.807, 2.05) is 0 Å². The molecule has 0 radical (unpaired) electrons. The number of carboxylic acids is 12. The van der Waals surface area contributed by atoms with Gasteiger partial charge in [0.2, 0.25) is 0 Å². The van der Waals surface area contributed by atoms with E-state index in [1.54, 1.807) is 0 Å². The van der Waals surface area contributed by atoms with Gasteiger partial charge < -0.3 is 132 Å². The molecule has 0 aromatic heterocycles. The minimum Gasteiger partial charge on any atom is -0.507 e. The van der Waals surface area contributed by atoms with Crippen molar-refractivity contribution in [2.24, 2.45) is 57.8 Å². The second kappa shape index (κ2) is 42.9. The van der Waals surface area contributed by atoms with Crippen molar-refractivity contribution in [1.82, 2.24) is 39.8 Å². The van der Waals surface area contributed by atoms with Gasteiger partial charge in [-0.25, -0.2) is 0 Å². The molecule has 0 unspecified atom stereocenters. The lowest BCUT2D eigenvalue weighted by atomic mass is 9.65. The number of hydrogen-bond donors (Lipinski definition) is 18. The minimum absolute atomic E-state index is 0.00660. The van der Waals surface area contributed by atoms with Crippen molar-refractivity contribution in [2.75, 3.05) is 111 Å². The Labute approximate surface area is 807 Å². The third kappa shape index (κ3) is 24.3. The molecule has 23 N–H and O–H groups in total. The van der Waals surface area contributed by atoms with E-state index in [9.17, 15) is 131 Å². The number of carboxylic acid groups (broad SMARTS) is 12. The molecule has 66 heteroatoms. The third-order valence-corrected chi connectivity index (χ3v) is 36.1. The van der Waals surface area contributed by atoms with Gasteiger partial charge in [0.05, 0.1) is 51.4 Å². The number of aliphatic carboxylic acids is 12. The first kappa shape index (κ1) is 112. The van der Waals surface area contributed by atoms with Crippen molar-refractivity contribution in [2.45, 2.75) is 229 Å². The highest BCUT2D eigenvalue weighted by atomic mass is 32.2. The molecule has 58 nitrogen and oxygen atoms in total. The number of carbonyl (C=O) groups is 16. The van der Waals surface area contributed by atoms with Crippen molar-refractivity contribution in [1.29, 1.82) is 0 Å². The van der Waals surface area contributed by atoms with Crippen LogP contribution in [0.2, 0.25) is 25.3 Å². The number of carbonyl (C=O) groups excluding carboxylic acids is 4. The molecule has 1 saturated carbocycles. The summed E-state index contributed by atoms with van der Waals surface area (Å²) in [6, 6.07) is -0.279. The Kier molecular flexibility index (Phi) is 34.1. The van der Waals surface area contributed by atoms with Crippen LogP contribution in [-0.2, 0) is 155 Å². The lowest BCUT2D eigenvalue weighted by Gasteiger charge is -2.55. The van der Waals surface area contributed by atoms with E-state index in [0.717, 1.165) is 73.0 Å². The molecule has 14 rings (SSSR count). The molecular formula is C75H116B4N14O44S4. The molecule has 14 fully saturated rings. The van der Waals surface area contributed by atoms with E-state index in [0.29, 0.717) is 39.3 Å². The number of hydrogen-bond acceptors (Lipinski definition) is 38. The van der Waals surface area contributed by atoms with Crippen LogP contribution in [0.15, 0.2) is 0 Å². The van der Waals surface area contributed by atoms with Gasteiger partial charge in [-0.05, 0) is 95.0 Å². The van der Waals surface area contributed by atoms with Crippen LogP contribution in [0.5, 0.6) is 0 Å². The fourth-order valence-corrected chi connectivity index (χ4v) is 27.8. The molecule has 0 aromatic rings. The number of nitrogens with one attached hydrogen (secondary N) is 1. The Morgan fingerprint density at radius 2 is 0.553 bits per heavy atom. The number of rotatable bonds is 44. The lowest BCUT2D eigenvalue weighted by Crippen LogP contribution is -2.77. The highest BCUT2D eigenvalue weighted by molar-refractivity contribution is 7.87. The summed E-state index contributed by atoms with van der Waals surface area (Å²) in [6.45, 7) is 1.38. The third-order valence-electron chi connectivity index (χ3n) is 28.6. The maximum atomic E-state index is 13.1. The van der Waals surface area contributed by atoms with Crippen LogP contribution in [-0.4, -0.2) is 421 Å². The van der Waals surface area contributed by atoms with Crippen LogP contribution in [0, 0.1) is 29.1 Å². The molecule has 2 spiro atoms. The van der Waals surface area contributed by atoms with Crippen LogP contribution in [0.4, 0.5) is 0 Å². The van der Waals surface area contributed by atoms with Crippen molar-refractivity contribution in [3.63, 3.8) is 0 Å². The average Bonchev–Trinajstić information content (AvgIpc) is 1.71. The zero-order chi connectivity index (χ0) is 105. The van der Waals surface area contributed by atoms with Gasteiger partial charge in [0.25, 0.3) is 40.8 Å². The standard InChI is InChI=1S/C20H30BN3O11S.C19H29BN4O11S.C19H30BN3O11S.C17H27BN4O11S/c22-20(16(29)30)12-23(36(32,33)24-10-18(11-24)4-2-5-18)9-13(20)3-1-6-21-34-17(31)19(35-21,7-14(25)26)8-15(27)28;21-19(15(29)30)11-23(36(32,33)24-9-17(10-24)3-5-22-17)8-12(19)2-1-4-20-34-16(31)18(35-20,6-13(25)26)7-14(27)28;21-19(16(28)29)12-23(35(31,32)22-7-2-1-3-8-22)11-13(19)5-4-6-20-33-17(30)18(34-20,9-14(24)25)10-15(26)27;19-11-7-21(8-11)34(30,31)22-6-10(17(20,9-22)14(27)28)2-1-3-18-32-15(29)16(33-18,4-12(23)24)5-13(25)26/h13H,1-12,22H2,(H,25,26)(H,27,28)(H,29,30);12,22H,1-11,21H2,(H,25,26)(H,27,28)(H,29,30);13H,1-12,21H2,(H,24,25)(H,26,27)(H,28,29);10-11H,1-9,19-20H2,(H,23,24)(H,25,26)(H,27,28)/t13-,20-;12-,19-;13-,19-;10-,17-/m0000/s1. The molecule has 8 atom stereocenters. The summed E-state index contributed by atoms with van der Waals surface area (Å²) in [5.74, 6) is -24.2. The van der Waals surface area contributed by atoms with Gasteiger partial charge in [-0.2, -0.15) is 68.1 Å². The van der Waals surface area contributed by atoms with Gasteiger partial charge in [-0.1, -0.05) is 38.5 Å². The van der Waals surface area contributed by atoms with Crippen LogP contribution in [0.3, 0.4) is 0 Å². The predicted molar refractivity (Wildman–Crippen MR) is 471 cm³/mol. The summed E-state index contributed by atoms with van der Waals surface area (Å²) in [7, 11) is -20.4. The van der Waals surface area contributed by atoms with Crippen molar-refractivity contribution >= 4 is 165 Å². The number of nitrogens with two attached hydrogens (primary N) is 5. The summed E-state index contributed by atoms with van der Waals surface area (Å²) in [6.07, 6.45) is 0.764. The number of piperidine rings is 1. The van der Waals surface area contributed by atoms with Crippen LogP contribution >= 0.6 is 0 Å². The Bertz CT molecular complexity index is 5110. The quantitative estimate of drug-likeness (QED) is 0.0252. The summed E-state index contributed by atoms with van der Waals surface area (Å²) in [5, 5.41) is 115. The van der Waals surface area contributed by atoms with E-state index >= 15 is 0 Å². The van der Waals surface area contributed by atoms with Crippen LogP contribution in [0.1, 0.15) is 148 Å². The zero-order valence-electron chi connectivity index (χ0n) is 76.3. The molecule has 13 saturated heterocycles. The van der Waals surface area contributed by atoms with Gasteiger partial charge >= 0.3 is 124 Å². The van der Waals surface area contributed by atoms with E-state index in [2.05, 4.69) is 5.32 Å². The maximum Gasteiger partial charge on any atom is 0.528 e. The summed E-state index contributed by atoms with van der Waals surface area (Å²) < 4.78 is 155. The van der Waals surface area contributed by atoms with Gasteiger partial charge in [0.15, 0.2) is 22.4 Å². The normalized spacial score (nSPS) is 28.7. The molecule has 0 aromatic carbocycles. The first-order valence-corrected chi connectivity index (χ1v) is 50.9. The Hall–Kier alpha value is -9.14. The summed E-state index contributed by atoms with van der Waals surface area (Å²) >= 11 is 0. The van der Waals surface area contributed by atoms with Gasteiger partial charge in [0.1, 0.15) is 22.2 Å². The Morgan fingerprint density at radius 1 is 0.319 bits per heavy atom. The Morgan fingerprint density at radius 3 is 0.759 bits per heavy atom. The molecule has 141 heavy (non-hydrogen) atoms. The van der Waals surface area contributed by atoms with Crippen molar-refractivity contribution < 1.29 is 209 Å². The topological polar surface area (TPSA) is 894 Å². The van der Waals surface area contributed by atoms with Crippen molar-refractivity contribution in [3.05, 3.63) is 0 Å². The molecule has 0 bridgehead atoms. The maximum absolute atomic E-state index is 13.1. The van der Waals surface area contributed by atoms with Gasteiger partial charge in [0, 0.05) is 140 Å². The van der Waals surface area contributed by atoms with E-state index in [-0.39, 0.29) is 153 Å². The average molecular weight is 2090 g/mol. The van der Waals surface area contributed by atoms with E-state index < -0.39 is 291 Å². The molecule has 13 heterocycles. The molecule has 0 amide bonds. The molecule has 1 aliphatic carbocycles. The number of nitrogens with zero attached hydrogens (tertiary/aromatic N) is 8.